The molecule has 1 aliphatic carbocycles. The van der Waals surface area contributed by atoms with E-state index in [1.54, 1.807) is 4.90 Å². The summed E-state index contributed by atoms with van der Waals surface area (Å²) in [4.78, 5) is 17.0. The van der Waals surface area contributed by atoms with Crippen molar-refractivity contribution < 1.29 is 22.7 Å². The number of piperazine rings is 1. The fourth-order valence-corrected chi connectivity index (χ4v) is 6.10. The lowest BCUT2D eigenvalue weighted by molar-refractivity contribution is -0.137. The smallest absolute Gasteiger partial charge is 0.416 e. The minimum atomic E-state index is -4.41. The number of carbonyl (C=O) groups is 1. The van der Waals surface area contributed by atoms with Gasteiger partial charge in [-0.3, -0.25) is 9.69 Å². The van der Waals surface area contributed by atoms with E-state index in [4.69, 9.17) is 4.74 Å². The molecular weight excluding hydrogens is 527 g/mol. The molecule has 2 aromatic rings. The van der Waals surface area contributed by atoms with E-state index in [9.17, 15) is 18.0 Å². The molecule has 226 valence electrons. The Morgan fingerprint density at radius 1 is 0.951 bits per heavy atom. The van der Waals surface area contributed by atoms with E-state index in [1.165, 1.54) is 54.5 Å². The summed E-state index contributed by atoms with van der Waals surface area (Å²) in [6.45, 7) is 13.1. The minimum Gasteiger partial charge on any atom is -0.493 e. The van der Waals surface area contributed by atoms with Gasteiger partial charge in [-0.2, -0.15) is 13.2 Å². The molecule has 0 bridgehead atoms. The van der Waals surface area contributed by atoms with Crippen LogP contribution in [0.4, 0.5) is 13.2 Å². The summed E-state index contributed by atoms with van der Waals surface area (Å²) in [5.74, 6) is 1.60. The quantitative estimate of drug-likeness (QED) is 0.306. The van der Waals surface area contributed by atoms with E-state index >= 15 is 0 Å². The molecule has 1 N–H and O–H groups in total. The van der Waals surface area contributed by atoms with E-state index in [0.717, 1.165) is 43.2 Å². The van der Waals surface area contributed by atoms with Gasteiger partial charge in [0.15, 0.2) is 0 Å². The van der Waals surface area contributed by atoms with Crippen molar-refractivity contribution in [2.24, 2.45) is 5.92 Å². The summed E-state index contributed by atoms with van der Waals surface area (Å²) in [6.07, 6.45) is 3.03. The van der Waals surface area contributed by atoms with Gasteiger partial charge in [0, 0.05) is 43.8 Å². The lowest BCUT2D eigenvalue weighted by Crippen LogP contribution is -2.49. The second-order valence-corrected chi connectivity index (χ2v) is 11.9. The largest absolute Gasteiger partial charge is 0.493 e. The van der Waals surface area contributed by atoms with Crippen LogP contribution in [0.15, 0.2) is 36.4 Å². The van der Waals surface area contributed by atoms with Gasteiger partial charge in [0.05, 0.1) is 12.2 Å². The van der Waals surface area contributed by atoms with Gasteiger partial charge in [-0.25, -0.2) is 0 Å². The van der Waals surface area contributed by atoms with Crippen LogP contribution < -0.4 is 10.1 Å². The van der Waals surface area contributed by atoms with E-state index in [2.05, 4.69) is 50.0 Å². The molecule has 0 radical (unpaired) electrons. The van der Waals surface area contributed by atoms with Crippen molar-refractivity contribution in [3.8, 4) is 5.75 Å². The normalized spacial score (nSPS) is 21.1. The SMILES string of the molecule is Cc1c(OCCCCNC2CCC(C)CC2)ccc(C(C)N2CCN(C(=O)c3ccc(C(F)(F)F)cc3)CC2)c1C. The maximum atomic E-state index is 12.9. The Kier molecular flexibility index (Phi) is 10.8. The highest BCUT2D eigenvalue weighted by atomic mass is 19.4. The molecule has 0 aromatic heterocycles. The monoisotopic (exact) mass is 573 g/mol. The van der Waals surface area contributed by atoms with Gasteiger partial charge in [0.2, 0.25) is 0 Å². The Balaban J connectivity index is 1.22. The van der Waals surface area contributed by atoms with Crippen LogP contribution in [0.25, 0.3) is 0 Å². The highest BCUT2D eigenvalue weighted by molar-refractivity contribution is 5.94. The molecule has 2 fully saturated rings. The van der Waals surface area contributed by atoms with Crippen molar-refractivity contribution in [3.63, 3.8) is 0 Å². The Morgan fingerprint density at radius 2 is 1.61 bits per heavy atom. The first-order valence-corrected chi connectivity index (χ1v) is 15.2. The van der Waals surface area contributed by atoms with Crippen LogP contribution in [0, 0.1) is 19.8 Å². The first-order valence-electron chi connectivity index (χ1n) is 15.2. The van der Waals surface area contributed by atoms with E-state index < -0.39 is 11.7 Å². The van der Waals surface area contributed by atoms with Gasteiger partial charge in [0.25, 0.3) is 5.91 Å². The third kappa shape index (κ3) is 8.25. The van der Waals surface area contributed by atoms with Crippen LogP contribution in [-0.2, 0) is 6.18 Å². The van der Waals surface area contributed by atoms with Crippen molar-refractivity contribution in [1.29, 1.82) is 0 Å². The number of nitrogens with one attached hydrogen (secondary N) is 1. The maximum Gasteiger partial charge on any atom is 0.416 e. The minimum absolute atomic E-state index is 0.180. The number of rotatable bonds is 10. The molecule has 0 spiro atoms. The number of hydrogen-bond donors (Lipinski definition) is 1. The van der Waals surface area contributed by atoms with Gasteiger partial charge >= 0.3 is 6.18 Å². The predicted octanol–water partition coefficient (Wildman–Crippen LogP) is 7.17. The molecule has 2 aliphatic rings. The average Bonchev–Trinajstić information content (AvgIpc) is 2.97. The highest BCUT2D eigenvalue weighted by Gasteiger charge is 2.31. The molecule has 1 aliphatic heterocycles. The maximum absolute atomic E-state index is 12.9. The highest BCUT2D eigenvalue weighted by Crippen LogP contribution is 2.32. The zero-order valence-corrected chi connectivity index (χ0v) is 25.0. The van der Waals surface area contributed by atoms with Crippen LogP contribution in [0.2, 0.25) is 0 Å². The summed E-state index contributed by atoms with van der Waals surface area (Å²) in [5, 5.41) is 3.72. The second-order valence-electron chi connectivity index (χ2n) is 11.9. The van der Waals surface area contributed by atoms with Crippen molar-refractivity contribution in [1.82, 2.24) is 15.1 Å². The fourth-order valence-electron chi connectivity index (χ4n) is 6.10. The number of hydrogen-bond acceptors (Lipinski definition) is 4. The molecule has 2 aromatic carbocycles. The lowest BCUT2D eigenvalue weighted by Gasteiger charge is -2.39. The van der Waals surface area contributed by atoms with E-state index in [1.807, 2.05) is 0 Å². The lowest BCUT2D eigenvalue weighted by atomic mass is 9.87. The number of carbonyl (C=O) groups excluding carboxylic acids is 1. The Bertz CT molecular complexity index is 1140. The van der Waals surface area contributed by atoms with Crippen molar-refractivity contribution >= 4 is 5.91 Å². The second kappa shape index (κ2) is 14.1. The molecule has 41 heavy (non-hydrogen) atoms. The first-order chi connectivity index (χ1) is 19.5. The van der Waals surface area contributed by atoms with Crippen LogP contribution >= 0.6 is 0 Å². The topological polar surface area (TPSA) is 44.8 Å². The molecule has 1 amide bonds. The third-order valence-corrected chi connectivity index (χ3v) is 9.12. The molecule has 1 heterocycles. The Morgan fingerprint density at radius 3 is 2.24 bits per heavy atom. The summed E-state index contributed by atoms with van der Waals surface area (Å²) < 4.78 is 44.7. The number of unbranched alkanes of at least 4 members (excludes halogenated alkanes) is 1. The van der Waals surface area contributed by atoms with Crippen LogP contribution in [0.3, 0.4) is 0 Å². The van der Waals surface area contributed by atoms with E-state index in [0.29, 0.717) is 38.8 Å². The van der Waals surface area contributed by atoms with Crippen LogP contribution in [0.5, 0.6) is 5.75 Å². The molecule has 5 nitrogen and oxygen atoms in total. The third-order valence-electron chi connectivity index (χ3n) is 9.12. The Hall–Kier alpha value is -2.58. The van der Waals surface area contributed by atoms with Gasteiger partial charge in [0.1, 0.15) is 5.75 Å². The van der Waals surface area contributed by atoms with E-state index in [-0.39, 0.29) is 17.5 Å². The zero-order valence-electron chi connectivity index (χ0n) is 25.0. The molecule has 1 unspecified atom stereocenters. The summed E-state index contributed by atoms with van der Waals surface area (Å²) in [6, 6.07) is 9.59. The summed E-state index contributed by atoms with van der Waals surface area (Å²) >= 11 is 0. The standard InChI is InChI=1S/C33H46F3N3O2/c1-23-7-13-29(14-8-23)37-17-5-6-22-41-31-16-15-30(24(2)25(31)3)26(4)38-18-20-39(21-19-38)32(40)27-9-11-28(12-10-27)33(34,35)36/h9-12,15-16,23,26,29,37H,5-8,13-14,17-22H2,1-4H3. The number of nitrogens with zero attached hydrogens (tertiary/aromatic N) is 2. The number of benzene rings is 2. The fraction of sp³-hybridized carbons (Fsp3) is 0.606. The van der Waals surface area contributed by atoms with Crippen molar-refractivity contribution in [3.05, 3.63) is 64.2 Å². The zero-order chi connectivity index (χ0) is 29.6. The number of amides is 1. The first kappa shape index (κ1) is 31.4. The molecule has 4 rings (SSSR count). The van der Waals surface area contributed by atoms with Gasteiger partial charge < -0.3 is 15.0 Å². The molecule has 1 atom stereocenters. The predicted molar refractivity (Wildman–Crippen MR) is 157 cm³/mol. The summed E-state index contributed by atoms with van der Waals surface area (Å²) in [5.41, 5.74) is 3.19. The van der Waals surface area contributed by atoms with Crippen LogP contribution in [-0.4, -0.2) is 61.1 Å². The van der Waals surface area contributed by atoms with Gasteiger partial charge in [-0.15, -0.1) is 0 Å². The molecule has 1 saturated carbocycles. The number of halogens is 3. The molecular formula is C33H46F3N3O2. The van der Waals surface area contributed by atoms with Crippen molar-refractivity contribution in [2.45, 2.75) is 84.5 Å². The molecule has 1 saturated heterocycles. The number of alkyl halides is 3. The van der Waals surface area contributed by atoms with Gasteiger partial charge in [-0.1, -0.05) is 13.0 Å². The van der Waals surface area contributed by atoms with Gasteiger partial charge in [-0.05, 0) is 119 Å². The summed E-state index contributed by atoms with van der Waals surface area (Å²) in [7, 11) is 0. The Labute approximate surface area is 243 Å². The van der Waals surface area contributed by atoms with Crippen molar-refractivity contribution in [2.75, 3.05) is 39.3 Å². The molecule has 8 heteroatoms. The van der Waals surface area contributed by atoms with Crippen LogP contribution in [0.1, 0.15) is 91.0 Å². The average molecular weight is 574 g/mol. The number of ether oxygens (including phenoxy) is 1.